The molecule has 0 atom stereocenters. The molecule has 0 unspecified atom stereocenters. The molecule has 0 saturated carbocycles. The van der Waals surface area contributed by atoms with E-state index in [0.717, 1.165) is 43.1 Å². The minimum Gasteiger partial charge on any atom is -0.352 e. The Hall–Kier alpha value is -2.51. The van der Waals surface area contributed by atoms with Gasteiger partial charge in [0.05, 0.1) is 17.9 Å². The summed E-state index contributed by atoms with van der Waals surface area (Å²) >= 11 is 1.85. The van der Waals surface area contributed by atoms with Crippen molar-refractivity contribution in [1.82, 2.24) is 25.2 Å². The van der Waals surface area contributed by atoms with Crippen molar-refractivity contribution in [3.63, 3.8) is 0 Å². The molecule has 3 heterocycles. The first kappa shape index (κ1) is 18.8. The second kappa shape index (κ2) is 8.67. The highest BCUT2D eigenvalue weighted by Crippen LogP contribution is 2.21. The largest absolute Gasteiger partial charge is 0.352 e. The zero-order valence-electron chi connectivity index (χ0n) is 16.1. The maximum atomic E-state index is 12.2. The van der Waals surface area contributed by atoms with Crippen molar-refractivity contribution in [2.24, 2.45) is 0 Å². The van der Waals surface area contributed by atoms with Crippen molar-refractivity contribution in [2.75, 3.05) is 6.54 Å². The zero-order valence-corrected chi connectivity index (χ0v) is 16.9. The number of thiophene rings is 1. The van der Waals surface area contributed by atoms with Crippen LogP contribution in [0.15, 0.2) is 42.5 Å². The summed E-state index contributed by atoms with van der Waals surface area (Å²) in [6.07, 6.45) is 1.06. The predicted octanol–water partition coefficient (Wildman–Crippen LogP) is 2.91. The summed E-state index contributed by atoms with van der Waals surface area (Å²) in [7, 11) is 0. The molecule has 1 aromatic carbocycles. The van der Waals surface area contributed by atoms with E-state index in [1.165, 1.54) is 9.75 Å². The number of hydrogen-bond acceptors (Lipinski definition) is 5. The Bertz CT molecular complexity index is 933. The second-order valence-corrected chi connectivity index (χ2v) is 8.56. The highest BCUT2D eigenvalue weighted by atomic mass is 32.1. The number of hydrogen-bond donors (Lipinski definition) is 1. The van der Waals surface area contributed by atoms with Crippen molar-refractivity contribution in [3.05, 3.63) is 69.2 Å². The van der Waals surface area contributed by atoms with Crippen LogP contribution in [0.3, 0.4) is 0 Å². The van der Waals surface area contributed by atoms with Gasteiger partial charge in [-0.15, -0.1) is 16.4 Å². The van der Waals surface area contributed by atoms with Gasteiger partial charge in [-0.2, -0.15) is 0 Å². The highest BCUT2D eigenvalue weighted by molar-refractivity contribution is 7.11. The Morgan fingerprint density at radius 2 is 2.04 bits per heavy atom. The Labute approximate surface area is 169 Å². The molecule has 0 fully saturated rings. The van der Waals surface area contributed by atoms with Gasteiger partial charge in [0.15, 0.2) is 0 Å². The average Bonchev–Trinajstić information content (AvgIpc) is 3.31. The fourth-order valence-electron chi connectivity index (χ4n) is 3.48. The molecule has 28 heavy (non-hydrogen) atoms. The van der Waals surface area contributed by atoms with Crippen molar-refractivity contribution in [1.29, 1.82) is 0 Å². The summed E-state index contributed by atoms with van der Waals surface area (Å²) in [5.41, 5.74) is 3.20. The fourth-order valence-corrected chi connectivity index (χ4v) is 4.42. The Morgan fingerprint density at radius 1 is 1.18 bits per heavy atom. The van der Waals surface area contributed by atoms with Crippen LogP contribution >= 0.6 is 11.3 Å². The van der Waals surface area contributed by atoms with Crippen LogP contribution in [0.25, 0.3) is 0 Å². The van der Waals surface area contributed by atoms with Crippen molar-refractivity contribution < 1.29 is 4.79 Å². The number of carbonyl (C=O) groups excluding carboxylic acids is 1. The number of amides is 1. The molecule has 7 heteroatoms. The number of carbonyl (C=O) groups is 1. The molecule has 0 radical (unpaired) electrons. The van der Waals surface area contributed by atoms with E-state index in [9.17, 15) is 4.79 Å². The number of aromatic nitrogens is 3. The molecule has 1 aliphatic rings. The normalized spacial score (nSPS) is 14.0. The topological polar surface area (TPSA) is 63.1 Å². The summed E-state index contributed by atoms with van der Waals surface area (Å²) in [4.78, 5) is 17.4. The SMILES string of the molecule is Cc1ccc(CN2CCn3nnc(CCC(=O)NCc4ccccc4)c3C2)s1. The van der Waals surface area contributed by atoms with E-state index in [2.05, 4.69) is 39.6 Å². The number of fused-ring (bicyclic) bond motifs is 1. The maximum Gasteiger partial charge on any atom is 0.220 e. The highest BCUT2D eigenvalue weighted by Gasteiger charge is 2.22. The third-order valence-electron chi connectivity index (χ3n) is 5.02. The lowest BCUT2D eigenvalue weighted by molar-refractivity contribution is -0.121. The van der Waals surface area contributed by atoms with Crippen LogP contribution in [0.2, 0.25) is 0 Å². The number of nitrogens with one attached hydrogen (secondary N) is 1. The van der Waals surface area contributed by atoms with Gasteiger partial charge >= 0.3 is 0 Å². The molecule has 3 aromatic rings. The molecule has 0 bridgehead atoms. The molecular formula is C21H25N5OS. The van der Waals surface area contributed by atoms with E-state index < -0.39 is 0 Å². The first-order chi connectivity index (χ1) is 13.7. The van der Waals surface area contributed by atoms with Crippen LogP contribution in [-0.2, 0) is 37.4 Å². The third kappa shape index (κ3) is 4.66. The first-order valence-electron chi connectivity index (χ1n) is 9.67. The predicted molar refractivity (Wildman–Crippen MR) is 110 cm³/mol. The first-order valence-corrected chi connectivity index (χ1v) is 10.5. The second-order valence-electron chi connectivity index (χ2n) is 7.19. The Kier molecular flexibility index (Phi) is 5.83. The lowest BCUT2D eigenvalue weighted by Gasteiger charge is -2.27. The average molecular weight is 396 g/mol. The summed E-state index contributed by atoms with van der Waals surface area (Å²) in [5, 5.41) is 11.6. The standard InChI is InChI=1S/C21H25N5OS/c1-16-7-8-18(28-16)14-25-11-12-26-20(15-25)19(23-24-26)9-10-21(27)22-13-17-5-3-2-4-6-17/h2-8H,9-15H2,1H3,(H,22,27). The molecule has 2 aromatic heterocycles. The van der Waals surface area contributed by atoms with Gasteiger partial charge in [0, 0.05) is 48.8 Å². The van der Waals surface area contributed by atoms with Gasteiger partial charge in [0.2, 0.25) is 5.91 Å². The maximum absolute atomic E-state index is 12.2. The van der Waals surface area contributed by atoms with Crippen LogP contribution in [-0.4, -0.2) is 32.3 Å². The van der Waals surface area contributed by atoms with Crippen LogP contribution in [0.5, 0.6) is 0 Å². The minimum absolute atomic E-state index is 0.0485. The number of benzene rings is 1. The number of nitrogens with zero attached hydrogens (tertiary/aromatic N) is 4. The van der Waals surface area contributed by atoms with Crippen LogP contribution in [0.4, 0.5) is 0 Å². The summed E-state index contributed by atoms with van der Waals surface area (Å²) < 4.78 is 1.99. The summed E-state index contributed by atoms with van der Waals surface area (Å²) in [5.74, 6) is 0.0485. The smallest absolute Gasteiger partial charge is 0.220 e. The van der Waals surface area contributed by atoms with Crippen LogP contribution in [0, 0.1) is 6.92 Å². The quantitative estimate of drug-likeness (QED) is 0.668. The van der Waals surface area contributed by atoms with Crippen molar-refractivity contribution in [2.45, 2.75) is 45.9 Å². The molecule has 146 valence electrons. The molecule has 0 aliphatic carbocycles. The van der Waals surface area contributed by atoms with Crippen LogP contribution in [0.1, 0.15) is 33.1 Å². The summed E-state index contributed by atoms with van der Waals surface area (Å²) in [6.45, 7) is 6.33. The van der Waals surface area contributed by atoms with E-state index in [1.807, 2.05) is 46.4 Å². The van der Waals surface area contributed by atoms with Gasteiger partial charge in [-0.05, 0) is 24.6 Å². The lowest BCUT2D eigenvalue weighted by atomic mass is 10.1. The van der Waals surface area contributed by atoms with Crippen molar-refractivity contribution in [3.8, 4) is 0 Å². The number of aryl methyl sites for hydroxylation is 2. The van der Waals surface area contributed by atoms with Gasteiger partial charge in [-0.25, -0.2) is 4.68 Å². The Balaban J connectivity index is 1.30. The van der Waals surface area contributed by atoms with Crippen molar-refractivity contribution >= 4 is 17.2 Å². The van der Waals surface area contributed by atoms with E-state index in [1.54, 1.807) is 0 Å². The fraction of sp³-hybridized carbons (Fsp3) is 0.381. The van der Waals surface area contributed by atoms with E-state index in [-0.39, 0.29) is 5.91 Å². The molecule has 0 spiro atoms. The van der Waals surface area contributed by atoms with E-state index in [4.69, 9.17) is 0 Å². The monoisotopic (exact) mass is 395 g/mol. The van der Waals surface area contributed by atoms with Gasteiger partial charge in [-0.3, -0.25) is 9.69 Å². The number of rotatable bonds is 7. The van der Waals surface area contributed by atoms with E-state index >= 15 is 0 Å². The van der Waals surface area contributed by atoms with Gasteiger partial charge in [-0.1, -0.05) is 35.5 Å². The Morgan fingerprint density at radius 3 is 2.82 bits per heavy atom. The molecule has 0 saturated heterocycles. The summed E-state index contributed by atoms with van der Waals surface area (Å²) in [6, 6.07) is 14.3. The molecular weight excluding hydrogens is 370 g/mol. The molecule has 4 rings (SSSR count). The molecule has 1 aliphatic heterocycles. The van der Waals surface area contributed by atoms with Gasteiger partial charge in [0.1, 0.15) is 0 Å². The third-order valence-corrected chi connectivity index (χ3v) is 6.00. The minimum atomic E-state index is 0.0485. The van der Waals surface area contributed by atoms with Crippen LogP contribution < -0.4 is 5.32 Å². The molecule has 6 nitrogen and oxygen atoms in total. The van der Waals surface area contributed by atoms with Gasteiger partial charge < -0.3 is 5.32 Å². The molecule has 1 amide bonds. The molecule has 1 N–H and O–H groups in total. The zero-order chi connectivity index (χ0) is 19.3. The lowest BCUT2D eigenvalue weighted by Crippen LogP contribution is -2.33. The van der Waals surface area contributed by atoms with Gasteiger partial charge in [0.25, 0.3) is 0 Å². The van der Waals surface area contributed by atoms with E-state index in [0.29, 0.717) is 19.4 Å².